The van der Waals surface area contributed by atoms with Gasteiger partial charge in [0.15, 0.2) is 5.78 Å². The van der Waals surface area contributed by atoms with Crippen LogP contribution in [-0.2, 0) is 19.2 Å². The quantitative estimate of drug-likeness (QED) is 0.553. The summed E-state index contributed by atoms with van der Waals surface area (Å²) in [4.78, 5) is 41.8. The highest BCUT2D eigenvalue weighted by Crippen LogP contribution is 2.03. The first-order valence-electron chi connectivity index (χ1n) is 3.34. The molecule has 0 spiro atoms. The summed E-state index contributed by atoms with van der Waals surface area (Å²) in [6.45, 7) is 1.08. The van der Waals surface area contributed by atoms with Crippen LogP contribution in [0.1, 0.15) is 13.3 Å². The molecule has 0 aromatic carbocycles. The number of Topliss-reactive ketones (excluding diaryl/α,β-unsaturated/α-hetero) is 2. The number of carboxylic acid groups (broad SMARTS) is 2. The molecule has 0 rings (SSSR count). The van der Waals surface area contributed by atoms with E-state index >= 15 is 0 Å². The summed E-state index contributed by atoms with van der Waals surface area (Å²) in [5.41, 5.74) is 0. The lowest BCUT2D eigenvalue weighted by Crippen LogP contribution is -2.32. The van der Waals surface area contributed by atoms with Gasteiger partial charge in [-0.3, -0.25) is 19.2 Å². The number of aliphatic carboxylic acids is 2. The summed E-state index contributed by atoms with van der Waals surface area (Å²) in [5, 5.41) is 16.6. The van der Waals surface area contributed by atoms with Crippen LogP contribution in [0, 0.1) is 5.92 Å². The van der Waals surface area contributed by atoms with Gasteiger partial charge in [-0.05, 0) is 6.92 Å². The molecule has 0 amide bonds. The standard InChI is InChI=1S/C7H8O6/c1-3(8)2-4(9)5(6(10)11)7(12)13/h5H,2H2,1H3,(H,10,11)(H,12,13). The van der Waals surface area contributed by atoms with Crippen LogP contribution < -0.4 is 0 Å². The van der Waals surface area contributed by atoms with Crippen molar-refractivity contribution in [2.75, 3.05) is 0 Å². The SMILES string of the molecule is CC(=O)CC(=O)C(C(=O)O)C(=O)O. The van der Waals surface area contributed by atoms with Crippen LogP contribution >= 0.6 is 0 Å². The molecule has 0 unspecified atom stereocenters. The zero-order chi connectivity index (χ0) is 10.6. The van der Waals surface area contributed by atoms with E-state index < -0.39 is 35.8 Å². The second-order valence-electron chi connectivity index (χ2n) is 2.45. The van der Waals surface area contributed by atoms with Crippen molar-refractivity contribution in [2.45, 2.75) is 13.3 Å². The van der Waals surface area contributed by atoms with Crippen LogP contribution in [-0.4, -0.2) is 33.7 Å². The molecular formula is C7H8O6. The van der Waals surface area contributed by atoms with Crippen molar-refractivity contribution in [3.05, 3.63) is 0 Å². The lowest BCUT2D eigenvalue weighted by atomic mass is 10.0. The van der Waals surface area contributed by atoms with Gasteiger partial charge in [-0.25, -0.2) is 0 Å². The van der Waals surface area contributed by atoms with Gasteiger partial charge in [-0.2, -0.15) is 0 Å². The van der Waals surface area contributed by atoms with E-state index in [0.717, 1.165) is 6.92 Å². The molecule has 6 nitrogen and oxygen atoms in total. The number of ketones is 2. The second kappa shape index (κ2) is 4.34. The van der Waals surface area contributed by atoms with E-state index in [1.165, 1.54) is 0 Å². The molecule has 0 aliphatic rings. The van der Waals surface area contributed by atoms with E-state index in [1.54, 1.807) is 0 Å². The normalized spacial score (nSPS) is 9.69. The number of carbonyl (C=O) groups is 4. The molecule has 6 heteroatoms. The zero-order valence-corrected chi connectivity index (χ0v) is 6.81. The van der Waals surface area contributed by atoms with Crippen LogP contribution in [0.15, 0.2) is 0 Å². The Morgan fingerprint density at radius 1 is 1.08 bits per heavy atom. The predicted octanol–water partition coefficient (Wildman–Crippen LogP) is -0.680. The van der Waals surface area contributed by atoms with Gasteiger partial charge in [0.1, 0.15) is 5.78 Å². The minimum atomic E-state index is -2.14. The van der Waals surface area contributed by atoms with Gasteiger partial charge in [0, 0.05) is 0 Å². The summed E-state index contributed by atoms with van der Waals surface area (Å²) in [7, 11) is 0. The average molecular weight is 188 g/mol. The number of rotatable bonds is 5. The van der Waals surface area contributed by atoms with E-state index in [2.05, 4.69) is 0 Å². The Hall–Kier alpha value is -1.72. The van der Waals surface area contributed by atoms with Gasteiger partial charge in [0.05, 0.1) is 6.42 Å². The monoisotopic (exact) mass is 188 g/mol. The molecule has 0 bridgehead atoms. The van der Waals surface area contributed by atoms with Crippen LogP contribution in [0.4, 0.5) is 0 Å². The Morgan fingerprint density at radius 2 is 1.46 bits per heavy atom. The van der Waals surface area contributed by atoms with Gasteiger partial charge < -0.3 is 10.2 Å². The van der Waals surface area contributed by atoms with Crippen molar-refractivity contribution in [1.82, 2.24) is 0 Å². The van der Waals surface area contributed by atoms with Gasteiger partial charge in [-0.1, -0.05) is 0 Å². The molecule has 0 atom stereocenters. The summed E-state index contributed by atoms with van der Waals surface area (Å²) < 4.78 is 0. The average Bonchev–Trinajstić information content (AvgIpc) is 1.81. The third-order valence-electron chi connectivity index (χ3n) is 1.24. The molecule has 0 aliphatic carbocycles. The first-order valence-corrected chi connectivity index (χ1v) is 3.34. The summed E-state index contributed by atoms with van der Waals surface area (Å²) in [6.07, 6.45) is -0.663. The topological polar surface area (TPSA) is 109 Å². The highest BCUT2D eigenvalue weighted by atomic mass is 16.4. The highest BCUT2D eigenvalue weighted by molar-refractivity contribution is 6.17. The molecule has 2 N–H and O–H groups in total. The van der Waals surface area contributed by atoms with Crippen molar-refractivity contribution in [3.63, 3.8) is 0 Å². The lowest BCUT2D eigenvalue weighted by molar-refractivity contribution is -0.157. The van der Waals surface area contributed by atoms with E-state index in [9.17, 15) is 19.2 Å². The third kappa shape index (κ3) is 3.46. The number of hydrogen-bond acceptors (Lipinski definition) is 4. The zero-order valence-electron chi connectivity index (χ0n) is 6.81. The Labute approximate surface area is 73.2 Å². The fourth-order valence-electron chi connectivity index (χ4n) is 0.728. The maximum Gasteiger partial charge on any atom is 0.325 e. The van der Waals surface area contributed by atoms with Gasteiger partial charge in [-0.15, -0.1) is 0 Å². The molecular weight excluding hydrogens is 180 g/mol. The molecule has 0 fully saturated rings. The van der Waals surface area contributed by atoms with Crippen LogP contribution in [0.3, 0.4) is 0 Å². The highest BCUT2D eigenvalue weighted by Gasteiger charge is 2.33. The van der Waals surface area contributed by atoms with Gasteiger partial charge >= 0.3 is 11.9 Å². The van der Waals surface area contributed by atoms with E-state index in [4.69, 9.17) is 10.2 Å². The second-order valence-corrected chi connectivity index (χ2v) is 2.45. The van der Waals surface area contributed by atoms with Crippen LogP contribution in [0.2, 0.25) is 0 Å². The largest absolute Gasteiger partial charge is 0.480 e. The Kier molecular flexibility index (Phi) is 3.77. The van der Waals surface area contributed by atoms with Crippen molar-refractivity contribution in [1.29, 1.82) is 0 Å². The molecule has 0 radical (unpaired) electrons. The van der Waals surface area contributed by atoms with E-state index in [0.29, 0.717) is 0 Å². The molecule has 0 aliphatic heterocycles. The van der Waals surface area contributed by atoms with Crippen molar-refractivity contribution in [3.8, 4) is 0 Å². The van der Waals surface area contributed by atoms with E-state index in [1.807, 2.05) is 0 Å². The Bertz CT molecular complexity index is 252. The lowest BCUT2D eigenvalue weighted by Gasteiger charge is -2.03. The maximum atomic E-state index is 10.9. The first-order chi connectivity index (χ1) is 5.86. The Morgan fingerprint density at radius 3 is 1.69 bits per heavy atom. The van der Waals surface area contributed by atoms with Gasteiger partial charge in [0.2, 0.25) is 5.92 Å². The summed E-state index contributed by atoms with van der Waals surface area (Å²) in [5.74, 6) is -7.30. The molecule has 0 saturated carbocycles. The molecule has 72 valence electrons. The fourth-order valence-corrected chi connectivity index (χ4v) is 0.728. The number of carbonyl (C=O) groups excluding carboxylic acids is 2. The smallest absolute Gasteiger partial charge is 0.325 e. The fraction of sp³-hybridized carbons (Fsp3) is 0.429. The first kappa shape index (κ1) is 11.3. The third-order valence-corrected chi connectivity index (χ3v) is 1.24. The van der Waals surface area contributed by atoms with Crippen LogP contribution in [0.5, 0.6) is 0 Å². The summed E-state index contributed by atoms with van der Waals surface area (Å²) in [6, 6.07) is 0. The molecule has 13 heavy (non-hydrogen) atoms. The number of carboxylic acids is 2. The predicted molar refractivity (Wildman–Crippen MR) is 39.1 cm³/mol. The summed E-state index contributed by atoms with van der Waals surface area (Å²) >= 11 is 0. The molecule has 0 aromatic rings. The van der Waals surface area contributed by atoms with E-state index in [-0.39, 0.29) is 0 Å². The van der Waals surface area contributed by atoms with Crippen molar-refractivity contribution >= 4 is 23.5 Å². The molecule has 0 heterocycles. The van der Waals surface area contributed by atoms with Crippen molar-refractivity contribution in [2.24, 2.45) is 5.92 Å². The number of hydrogen-bond donors (Lipinski definition) is 2. The Balaban J connectivity index is 4.57. The van der Waals surface area contributed by atoms with Gasteiger partial charge in [0.25, 0.3) is 0 Å². The van der Waals surface area contributed by atoms with Crippen LogP contribution in [0.25, 0.3) is 0 Å². The molecule has 0 saturated heterocycles. The minimum Gasteiger partial charge on any atom is -0.480 e. The van der Waals surface area contributed by atoms with Crippen molar-refractivity contribution < 1.29 is 29.4 Å². The molecule has 0 aromatic heterocycles. The maximum absolute atomic E-state index is 10.9. The minimum absolute atomic E-state index is 0.558.